The first-order chi connectivity index (χ1) is 7.58. The molecule has 16 heavy (non-hydrogen) atoms. The maximum Gasteiger partial charge on any atom is 0.159 e. The summed E-state index contributed by atoms with van der Waals surface area (Å²) in [4.78, 5) is 0. The number of halogens is 2. The number of rotatable bonds is 4. The van der Waals surface area contributed by atoms with Gasteiger partial charge in [0.05, 0.1) is 19.3 Å². The van der Waals surface area contributed by atoms with E-state index in [1.165, 1.54) is 12.1 Å². The Bertz CT molecular complexity index is 394. The summed E-state index contributed by atoms with van der Waals surface area (Å²) in [6.07, 6.45) is -0.0765. The van der Waals surface area contributed by atoms with Gasteiger partial charge in [0, 0.05) is 0 Å². The molecule has 1 aliphatic rings. The van der Waals surface area contributed by atoms with Gasteiger partial charge in [-0.25, -0.2) is 8.78 Å². The van der Waals surface area contributed by atoms with Crippen molar-refractivity contribution in [3.8, 4) is 0 Å². The van der Waals surface area contributed by atoms with Gasteiger partial charge in [-0.3, -0.25) is 0 Å². The monoisotopic (exact) mass is 226 g/mol. The average Bonchev–Trinajstić information content (AvgIpc) is 3.03. The summed E-state index contributed by atoms with van der Waals surface area (Å²) in [5.41, 5.74) is 1.38. The minimum atomic E-state index is -0.835. The molecule has 0 saturated carbocycles. The third-order valence-electron chi connectivity index (χ3n) is 2.68. The van der Waals surface area contributed by atoms with E-state index in [1.807, 2.05) is 6.92 Å². The van der Waals surface area contributed by atoms with Crippen molar-refractivity contribution in [2.24, 2.45) is 0 Å². The van der Waals surface area contributed by atoms with Crippen molar-refractivity contribution in [3.05, 3.63) is 29.3 Å². The quantitative estimate of drug-likeness (QED) is 0.556. The maximum absolute atomic E-state index is 13.1. The van der Waals surface area contributed by atoms with Gasteiger partial charge < -0.3 is 9.47 Å². The molecular weight excluding hydrogens is 213 g/mol. The SMILES string of the molecule is Bc1cc(F)c(F)cc1[C@@H](C)OCC1CO1. The highest BCUT2D eigenvalue weighted by molar-refractivity contribution is 6.33. The van der Waals surface area contributed by atoms with Crippen molar-refractivity contribution >= 4 is 13.3 Å². The second-order valence-electron chi connectivity index (χ2n) is 4.05. The van der Waals surface area contributed by atoms with E-state index in [0.29, 0.717) is 17.6 Å². The first kappa shape index (κ1) is 11.5. The molecule has 0 aliphatic carbocycles. The number of ether oxygens (including phenoxy) is 2. The summed E-state index contributed by atoms with van der Waals surface area (Å²) < 4.78 is 36.5. The Labute approximate surface area is 94.0 Å². The lowest BCUT2D eigenvalue weighted by Gasteiger charge is -2.15. The van der Waals surface area contributed by atoms with E-state index in [0.717, 1.165) is 6.61 Å². The lowest BCUT2D eigenvalue weighted by molar-refractivity contribution is 0.0543. The molecular formula is C11H13BF2O2. The summed E-state index contributed by atoms with van der Waals surface area (Å²) in [7, 11) is 1.74. The number of hydrogen-bond donors (Lipinski definition) is 0. The molecule has 1 unspecified atom stereocenters. The van der Waals surface area contributed by atoms with Crippen LogP contribution in [0.1, 0.15) is 18.6 Å². The van der Waals surface area contributed by atoms with Crippen LogP contribution in [0.3, 0.4) is 0 Å². The van der Waals surface area contributed by atoms with Gasteiger partial charge in [0.1, 0.15) is 14.0 Å². The summed E-state index contributed by atoms with van der Waals surface area (Å²) in [6, 6.07) is 2.39. The van der Waals surface area contributed by atoms with E-state index >= 15 is 0 Å². The number of epoxide rings is 1. The fraction of sp³-hybridized carbons (Fsp3) is 0.455. The van der Waals surface area contributed by atoms with Crippen LogP contribution in [0, 0.1) is 11.6 Å². The van der Waals surface area contributed by atoms with Crippen LogP contribution in [0.25, 0.3) is 0 Å². The minimum absolute atomic E-state index is 0.174. The fourth-order valence-corrected chi connectivity index (χ4v) is 1.61. The van der Waals surface area contributed by atoms with Gasteiger partial charge in [0.25, 0.3) is 0 Å². The van der Waals surface area contributed by atoms with Gasteiger partial charge >= 0.3 is 0 Å². The zero-order valence-corrected chi connectivity index (χ0v) is 9.30. The molecule has 0 N–H and O–H groups in total. The lowest BCUT2D eigenvalue weighted by Crippen LogP contribution is -2.18. The molecule has 86 valence electrons. The largest absolute Gasteiger partial charge is 0.371 e. The van der Waals surface area contributed by atoms with E-state index in [4.69, 9.17) is 9.47 Å². The molecule has 2 rings (SSSR count). The highest BCUT2D eigenvalue weighted by Crippen LogP contribution is 2.19. The molecule has 1 fully saturated rings. The third kappa shape index (κ3) is 2.60. The van der Waals surface area contributed by atoms with Gasteiger partial charge in [-0.2, -0.15) is 0 Å². The summed E-state index contributed by atoms with van der Waals surface area (Å²) in [5.74, 6) is -1.65. The fourth-order valence-electron chi connectivity index (χ4n) is 1.61. The molecule has 0 aromatic heterocycles. The van der Waals surface area contributed by atoms with E-state index in [1.54, 1.807) is 7.85 Å². The van der Waals surface area contributed by atoms with Gasteiger partial charge in [0.2, 0.25) is 0 Å². The Morgan fingerprint density at radius 3 is 2.75 bits per heavy atom. The van der Waals surface area contributed by atoms with Crippen LogP contribution < -0.4 is 5.46 Å². The summed E-state index contributed by atoms with van der Waals surface area (Å²) in [5, 5.41) is 0. The predicted molar refractivity (Wildman–Crippen MR) is 58.6 cm³/mol. The van der Waals surface area contributed by atoms with Crippen molar-refractivity contribution in [1.29, 1.82) is 0 Å². The molecule has 1 saturated heterocycles. The molecule has 1 aromatic rings. The maximum atomic E-state index is 13.1. The Balaban J connectivity index is 2.08. The second-order valence-corrected chi connectivity index (χ2v) is 4.05. The van der Waals surface area contributed by atoms with Crippen LogP contribution >= 0.6 is 0 Å². The predicted octanol–water partition coefficient (Wildman–Crippen LogP) is 0.700. The normalized spacial score (nSPS) is 20.8. The molecule has 1 aliphatic heterocycles. The first-order valence-corrected chi connectivity index (χ1v) is 5.26. The van der Waals surface area contributed by atoms with Crippen LogP contribution in [0.4, 0.5) is 8.78 Å². The summed E-state index contributed by atoms with van der Waals surface area (Å²) >= 11 is 0. The molecule has 0 amide bonds. The highest BCUT2D eigenvalue weighted by Gasteiger charge is 2.24. The smallest absolute Gasteiger partial charge is 0.159 e. The van der Waals surface area contributed by atoms with Crippen molar-refractivity contribution in [1.82, 2.24) is 0 Å². The van der Waals surface area contributed by atoms with Crippen molar-refractivity contribution < 1.29 is 18.3 Å². The van der Waals surface area contributed by atoms with E-state index < -0.39 is 11.6 Å². The van der Waals surface area contributed by atoms with Gasteiger partial charge in [-0.05, 0) is 24.6 Å². The van der Waals surface area contributed by atoms with Crippen LogP contribution in [0.15, 0.2) is 12.1 Å². The minimum Gasteiger partial charge on any atom is -0.371 e. The Morgan fingerprint density at radius 1 is 1.50 bits per heavy atom. The molecule has 1 aromatic carbocycles. The van der Waals surface area contributed by atoms with Gasteiger partial charge in [0.15, 0.2) is 11.6 Å². The van der Waals surface area contributed by atoms with Crippen molar-refractivity contribution in [2.75, 3.05) is 13.2 Å². The van der Waals surface area contributed by atoms with Crippen LogP contribution in [0.5, 0.6) is 0 Å². The van der Waals surface area contributed by atoms with Crippen LogP contribution in [-0.2, 0) is 9.47 Å². The Morgan fingerprint density at radius 2 is 2.12 bits per heavy atom. The summed E-state index contributed by atoms with van der Waals surface area (Å²) in [6.45, 7) is 3.05. The van der Waals surface area contributed by atoms with Crippen molar-refractivity contribution in [2.45, 2.75) is 19.1 Å². The van der Waals surface area contributed by atoms with E-state index in [2.05, 4.69) is 0 Å². The second kappa shape index (κ2) is 4.51. The Kier molecular flexibility index (Phi) is 3.26. The molecule has 0 spiro atoms. The van der Waals surface area contributed by atoms with Gasteiger partial charge in [-0.1, -0.05) is 5.46 Å². The standard InChI is InChI=1S/C11H13BF2O2/c1-6(15-4-7-5-16-7)8-2-10(13)11(14)3-9(8)12/h2-3,6-7H,4-5,12H2,1H3/t6-,7?/m1/s1. The molecule has 5 heteroatoms. The number of benzene rings is 1. The molecule has 0 bridgehead atoms. The van der Waals surface area contributed by atoms with Crippen LogP contribution in [-0.4, -0.2) is 27.2 Å². The first-order valence-electron chi connectivity index (χ1n) is 5.26. The van der Waals surface area contributed by atoms with E-state index in [9.17, 15) is 8.78 Å². The van der Waals surface area contributed by atoms with Crippen LogP contribution in [0.2, 0.25) is 0 Å². The Hall–Kier alpha value is -0.935. The van der Waals surface area contributed by atoms with Gasteiger partial charge in [-0.15, -0.1) is 0 Å². The molecule has 2 atom stereocenters. The molecule has 0 radical (unpaired) electrons. The highest BCUT2D eigenvalue weighted by atomic mass is 19.2. The zero-order chi connectivity index (χ0) is 11.7. The lowest BCUT2D eigenvalue weighted by atomic mass is 9.88. The average molecular weight is 226 g/mol. The zero-order valence-electron chi connectivity index (χ0n) is 9.30. The van der Waals surface area contributed by atoms with E-state index in [-0.39, 0.29) is 12.2 Å². The molecule has 2 nitrogen and oxygen atoms in total. The third-order valence-corrected chi connectivity index (χ3v) is 2.68. The van der Waals surface area contributed by atoms with Crippen molar-refractivity contribution in [3.63, 3.8) is 0 Å². The topological polar surface area (TPSA) is 21.8 Å². The molecule has 1 heterocycles. The number of hydrogen-bond acceptors (Lipinski definition) is 2.